The molecule has 0 atom stereocenters. The number of halogens is 2. The van der Waals surface area contributed by atoms with Gasteiger partial charge < -0.3 is 5.73 Å². The van der Waals surface area contributed by atoms with Crippen molar-refractivity contribution in [2.45, 2.75) is 40.0 Å². The molecule has 6 nitrogen and oxygen atoms in total. The lowest BCUT2D eigenvalue weighted by Crippen LogP contribution is -2.29. The maximum absolute atomic E-state index is 13.9. The van der Waals surface area contributed by atoms with E-state index in [1.165, 1.54) is 12.1 Å². The molecule has 0 aliphatic carbocycles. The van der Waals surface area contributed by atoms with Crippen molar-refractivity contribution in [3.63, 3.8) is 0 Å². The number of nitrogens with two attached hydrogens (primary N) is 1. The number of carbonyl (C=O) groups is 1. The van der Waals surface area contributed by atoms with Crippen molar-refractivity contribution < 1.29 is 13.6 Å². The number of dihydropyridines is 1. The summed E-state index contributed by atoms with van der Waals surface area (Å²) in [5, 5.41) is 15.4. The molecule has 138 valence electrons. The fourth-order valence-corrected chi connectivity index (χ4v) is 2.58. The monoisotopic (exact) mass is 361 g/mol. The number of alkyl halides is 2. The predicted molar refractivity (Wildman–Crippen MR) is 96.5 cm³/mol. The lowest BCUT2D eigenvalue weighted by molar-refractivity contribution is 0.0158. The predicted octanol–water partition coefficient (Wildman–Crippen LogP) is 3.26. The number of Topliss-reactive ketones (excluding diaryl/α,β-unsaturated/α-hetero) is 1. The molecule has 0 saturated heterocycles. The molecule has 0 unspecified atom stereocenters. The third-order valence-corrected chi connectivity index (χ3v) is 4.09. The number of hydrogen-bond donors (Lipinski definition) is 3. The van der Waals surface area contributed by atoms with Crippen LogP contribution < -0.4 is 5.73 Å². The van der Waals surface area contributed by atoms with Gasteiger partial charge in [0.2, 0.25) is 0 Å². The van der Waals surface area contributed by atoms with E-state index < -0.39 is 23.2 Å². The van der Waals surface area contributed by atoms with Gasteiger partial charge in [0.1, 0.15) is 11.4 Å². The highest BCUT2D eigenvalue weighted by Gasteiger charge is 2.32. The first kappa shape index (κ1) is 19.6. The summed E-state index contributed by atoms with van der Waals surface area (Å²) in [5.41, 5.74) is 6.49. The van der Waals surface area contributed by atoms with Crippen LogP contribution >= 0.6 is 0 Å². The summed E-state index contributed by atoms with van der Waals surface area (Å²) in [5.74, 6) is -4.36. The highest BCUT2D eigenvalue weighted by molar-refractivity contribution is 6.49. The standard InChI is InChI=1S/C18H21F2N5O/c1-8(2)16(26)15-12(18(4,19)20)6-5-10(25-15)7-11-9(3)24-17(23)14(22)13(11)21/h5-6,8,22-23H,7,21H2,1-4H3. The van der Waals surface area contributed by atoms with Gasteiger partial charge in [-0.15, -0.1) is 0 Å². The van der Waals surface area contributed by atoms with Gasteiger partial charge in [0, 0.05) is 41.8 Å². The molecule has 26 heavy (non-hydrogen) atoms. The second-order valence-electron chi connectivity index (χ2n) is 6.60. The maximum Gasteiger partial charge on any atom is 0.272 e. The summed E-state index contributed by atoms with van der Waals surface area (Å²) in [6.45, 7) is 5.63. The van der Waals surface area contributed by atoms with Crippen molar-refractivity contribution in [2.75, 3.05) is 0 Å². The van der Waals surface area contributed by atoms with E-state index in [0.29, 0.717) is 17.0 Å². The number of amidine groups is 1. The van der Waals surface area contributed by atoms with Crippen molar-refractivity contribution in [3.05, 3.63) is 40.4 Å². The van der Waals surface area contributed by atoms with Gasteiger partial charge in [0.25, 0.3) is 5.92 Å². The van der Waals surface area contributed by atoms with E-state index in [2.05, 4.69) is 9.98 Å². The van der Waals surface area contributed by atoms with Crippen molar-refractivity contribution in [1.82, 2.24) is 4.98 Å². The van der Waals surface area contributed by atoms with Crippen LogP contribution in [-0.4, -0.2) is 28.0 Å². The summed E-state index contributed by atoms with van der Waals surface area (Å²) in [7, 11) is 0. The van der Waals surface area contributed by atoms with Crippen LogP contribution in [0.3, 0.4) is 0 Å². The lowest BCUT2D eigenvalue weighted by atomic mass is 9.95. The molecule has 8 heteroatoms. The van der Waals surface area contributed by atoms with E-state index in [1.54, 1.807) is 20.8 Å². The molecule has 4 N–H and O–H groups in total. The zero-order valence-corrected chi connectivity index (χ0v) is 15.1. The largest absolute Gasteiger partial charge is 0.397 e. The minimum atomic E-state index is -3.19. The van der Waals surface area contributed by atoms with Crippen LogP contribution in [0.4, 0.5) is 8.78 Å². The van der Waals surface area contributed by atoms with Gasteiger partial charge in [-0.1, -0.05) is 13.8 Å². The van der Waals surface area contributed by atoms with Crippen LogP contribution in [-0.2, 0) is 12.3 Å². The molecule has 1 aromatic rings. The van der Waals surface area contributed by atoms with Gasteiger partial charge in [-0.05, 0) is 19.1 Å². The quantitative estimate of drug-likeness (QED) is 0.699. The Bertz CT molecular complexity index is 863. The maximum atomic E-state index is 13.9. The SMILES string of the molecule is CC1=NC(=N)C(=N)C(N)=C1Cc1ccc(C(C)(F)F)c(C(=O)C(C)C)n1. The average Bonchev–Trinajstić information content (AvgIpc) is 2.54. The first-order valence-corrected chi connectivity index (χ1v) is 8.08. The Morgan fingerprint density at radius 3 is 2.46 bits per heavy atom. The van der Waals surface area contributed by atoms with Gasteiger partial charge in [-0.2, -0.15) is 0 Å². The topological polar surface area (TPSA) is 116 Å². The lowest BCUT2D eigenvalue weighted by Gasteiger charge is -2.19. The van der Waals surface area contributed by atoms with Crippen molar-refractivity contribution in [2.24, 2.45) is 16.6 Å². The van der Waals surface area contributed by atoms with Crippen LogP contribution in [0.5, 0.6) is 0 Å². The van der Waals surface area contributed by atoms with Gasteiger partial charge in [-0.25, -0.2) is 18.8 Å². The molecule has 1 aliphatic rings. The van der Waals surface area contributed by atoms with Crippen LogP contribution in [0.1, 0.15) is 49.4 Å². The molecule has 0 bridgehead atoms. The normalized spacial score (nSPS) is 15.6. The Kier molecular flexibility index (Phi) is 5.16. The van der Waals surface area contributed by atoms with Crippen molar-refractivity contribution >= 4 is 23.0 Å². The van der Waals surface area contributed by atoms with Crippen LogP contribution in [0, 0.1) is 16.7 Å². The first-order chi connectivity index (χ1) is 11.9. The summed E-state index contributed by atoms with van der Waals surface area (Å²) in [6, 6.07) is 2.62. The van der Waals surface area contributed by atoms with Crippen molar-refractivity contribution in [1.29, 1.82) is 10.8 Å². The number of ketones is 1. The third kappa shape index (κ3) is 3.74. The fourth-order valence-electron chi connectivity index (χ4n) is 2.58. The zero-order valence-electron chi connectivity index (χ0n) is 15.1. The minimum absolute atomic E-state index is 0.103. The second kappa shape index (κ2) is 6.86. The molecule has 2 heterocycles. The number of pyridine rings is 1. The van der Waals surface area contributed by atoms with E-state index in [1.807, 2.05) is 0 Å². The number of allylic oxidation sites excluding steroid dienone is 1. The van der Waals surface area contributed by atoms with E-state index in [9.17, 15) is 13.6 Å². The Balaban J connectivity index is 2.51. The Morgan fingerprint density at radius 1 is 1.31 bits per heavy atom. The molecule has 1 aliphatic heterocycles. The summed E-state index contributed by atoms with van der Waals surface area (Å²) in [6.07, 6.45) is 0.130. The van der Waals surface area contributed by atoms with E-state index in [0.717, 1.165) is 6.92 Å². The molecule has 2 rings (SSSR count). The molecule has 0 fully saturated rings. The summed E-state index contributed by atoms with van der Waals surface area (Å²) >= 11 is 0. The first-order valence-electron chi connectivity index (χ1n) is 8.08. The molecule has 1 aromatic heterocycles. The van der Waals surface area contributed by atoms with Gasteiger partial charge in [0.15, 0.2) is 11.6 Å². The Morgan fingerprint density at radius 2 is 1.92 bits per heavy atom. The molecular weight excluding hydrogens is 340 g/mol. The molecular formula is C18H21F2N5O. The van der Waals surface area contributed by atoms with E-state index in [4.69, 9.17) is 16.6 Å². The Labute approximate surface area is 150 Å². The molecule has 0 aromatic carbocycles. The summed E-state index contributed by atoms with van der Waals surface area (Å²) < 4.78 is 27.7. The number of hydrogen-bond acceptors (Lipinski definition) is 5. The number of nitrogens with one attached hydrogen (secondary N) is 2. The highest BCUT2D eigenvalue weighted by atomic mass is 19.3. The highest BCUT2D eigenvalue weighted by Crippen LogP contribution is 2.31. The smallest absolute Gasteiger partial charge is 0.272 e. The van der Waals surface area contributed by atoms with Gasteiger partial charge in [-0.3, -0.25) is 15.6 Å². The fraction of sp³-hybridized carbons (Fsp3) is 0.389. The number of aliphatic imine (C=N–C) groups is 1. The van der Waals surface area contributed by atoms with E-state index in [-0.39, 0.29) is 29.4 Å². The summed E-state index contributed by atoms with van der Waals surface area (Å²) in [4.78, 5) is 20.5. The molecule has 0 spiro atoms. The van der Waals surface area contributed by atoms with E-state index >= 15 is 0 Å². The third-order valence-electron chi connectivity index (χ3n) is 4.09. The van der Waals surface area contributed by atoms with Crippen LogP contribution in [0.2, 0.25) is 0 Å². The minimum Gasteiger partial charge on any atom is -0.397 e. The zero-order chi connectivity index (χ0) is 19.8. The van der Waals surface area contributed by atoms with Crippen LogP contribution in [0.25, 0.3) is 0 Å². The van der Waals surface area contributed by atoms with Crippen molar-refractivity contribution in [3.8, 4) is 0 Å². The number of rotatable bonds is 5. The average molecular weight is 361 g/mol. The van der Waals surface area contributed by atoms with Gasteiger partial charge in [0.05, 0.1) is 5.70 Å². The Hall–Kier alpha value is -2.77. The number of aromatic nitrogens is 1. The molecule has 0 amide bonds. The number of nitrogens with zero attached hydrogens (tertiary/aromatic N) is 2. The number of carbonyl (C=O) groups excluding carboxylic acids is 1. The molecule has 0 saturated carbocycles. The second-order valence-corrected chi connectivity index (χ2v) is 6.60. The molecule has 0 radical (unpaired) electrons. The van der Waals surface area contributed by atoms with Gasteiger partial charge >= 0.3 is 0 Å². The van der Waals surface area contributed by atoms with Crippen LogP contribution in [0.15, 0.2) is 28.4 Å².